The van der Waals surface area contributed by atoms with Crippen LogP contribution in [0.1, 0.15) is 17.8 Å². The monoisotopic (exact) mass is 140 g/mol. The summed E-state index contributed by atoms with van der Waals surface area (Å²) in [5.41, 5.74) is 0.930. The van der Waals surface area contributed by atoms with E-state index in [-0.39, 0.29) is 0 Å². The third-order valence-corrected chi connectivity index (χ3v) is 1.53. The Kier molecular flexibility index (Phi) is 1.62. The Balaban J connectivity index is 2.98. The molecule has 48 valence electrons. The molecular weight excluding hydrogens is 132 g/mol. The quantitative estimate of drug-likeness (QED) is 0.595. The normalized spacial score (nSPS) is 9.56. The van der Waals surface area contributed by atoms with E-state index in [0.717, 1.165) is 16.4 Å². The molecule has 0 bridgehead atoms. The second kappa shape index (κ2) is 2.27. The van der Waals surface area contributed by atoms with E-state index in [9.17, 15) is 0 Å². The first kappa shape index (κ1) is 6.42. The van der Waals surface area contributed by atoms with Crippen molar-refractivity contribution in [2.75, 3.05) is 0 Å². The predicted octanol–water partition coefficient (Wildman–Crippen LogP) is 1.88. The molecule has 0 radical (unpaired) electrons. The second-order valence-electron chi connectivity index (χ2n) is 1.92. The summed E-state index contributed by atoms with van der Waals surface area (Å²) in [5, 5.41) is 0.994. The molecule has 0 spiro atoms. The second-order valence-corrected chi connectivity index (χ2v) is 2.87. The van der Waals surface area contributed by atoms with Gasteiger partial charge in [0.15, 0.2) is 5.82 Å². The summed E-state index contributed by atoms with van der Waals surface area (Å²) in [5.74, 6) is 0.775. The Morgan fingerprint density at radius 2 is 2.33 bits per heavy atom. The average molecular weight is 140 g/mol. The first-order valence-corrected chi connectivity index (χ1v) is 3.43. The van der Waals surface area contributed by atoms with Crippen LogP contribution in [0.25, 0.3) is 5.57 Å². The predicted molar refractivity (Wildman–Crippen MR) is 39.4 cm³/mol. The molecule has 0 N–H and O–H groups in total. The minimum Gasteiger partial charge on any atom is -0.220 e. The molecule has 0 aliphatic rings. The molecule has 0 amide bonds. The van der Waals surface area contributed by atoms with Crippen molar-refractivity contribution in [2.24, 2.45) is 0 Å². The molecule has 9 heavy (non-hydrogen) atoms. The van der Waals surface area contributed by atoms with E-state index in [2.05, 4.69) is 15.9 Å². The van der Waals surface area contributed by atoms with Crippen LogP contribution in [0.15, 0.2) is 6.58 Å². The van der Waals surface area contributed by atoms with Crippen LogP contribution in [0.2, 0.25) is 0 Å². The van der Waals surface area contributed by atoms with Crippen LogP contribution in [0.3, 0.4) is 0 Å². The van der Waals surface area contributed by atoms with Gasteiger partial charge in [0.25, 0.3) is 0 Å². The van der Waals surface area contributed by atoms with Crippen LogP contribution in [0, 0.1) is 6.92 Å². The van der Waals surface area contributed by atoms with Crippen LogP contribution in [0.4, 0.5) is 0 Å². The Morgan fingerprint density at radius 1 is 1.67 bits per heavy atom. The van der Waals surface area contributed by atoms with Crippen molar-refractivity contribution in [1.82, 2.24) is 9.36 Å². The largest absolute Gasteiger partial charge is 0.220 e. The highest BCUT2D eigenvalue weighted by molar-refractivity contribution is 7.05. The van der Waals surface area contributed by atoms with Crippen molar-refractivity contribution < 1.29 is 0 Å². The summed E-state index contributed by atoms with van der Waals surface area (Å²) in [6, 6.07) is 0. The molecule has 0 fully saturated rings. The van der Waals surface area contributed by atoms with Crippen LogP contribution < -0.4 is 0 Å². The number of hydrogen-bond donors (Lipinski definition) is 0. The summed E-state index contributed by atoms with van der Waals surface area (Å²) in [6.07, 6.45) is 0. The molecule has 2 nitrogen and oxygen atoms in total. The lowest BCUT2D eigenvalue weighted by Crippen LogP contribution is -1.79. The third-order valence-electron chi connectivity index (χ3n) is 0.909. The van der Waals surface area contributed by atoms with Crippen molar-refractivity contribution in [3.8, 4) is 0 Å². The van der Waals surface area contributed by atoms with Gasteiger partial charge in [-0.2, -0.15) is 4.37 Å². The SMILES string of the molecule is C=C(C)c1nsc(C)n1. The maximum atomic E-state index is 4.12. The van der Waals surface area contributed by atoms with E-state index >= 15 is 0 Å². The minimum absolute atomic E-state index is 0.775. The Bertz CT molecular complexity index is 227. The number of hydrogen-bond acceptors (Lipinski definition) is 3. The standard InChI is InChI=1S/C6H8N2S/c1-4(2)6-7-5(3)9-8-6/h1H2,2-3H3. The Morgan fingerprint density at radius 3 is 2.56 bits per heavy atom. The van der Waals surface area contributed by atoms with Gasteiger partial charge in [-0.1, -0.05) is 6.58 Å². The topological polar surface area (TPSA) is 25.8 Å². The van der Waals surface area contributed by atoms with Gasteiger partial charge in [-0.25, -0.2) is 4.98 Å². The highest BCUT2D eigenvalue weighted by Crippen LogP contribution is 2.09. The molecule has 1 rings (SSSR count). The van der Waals surface area contributed by atoms with Crippen LogP contribution in [-0.2, 0) is 0 Å². The summed E-state index contributed by atoms with van der Waals surface area (Å²) in [7, 11) is 0. The van der Waals surface area contributed by atoms with Crippen LogP contribution >= 0.6 is 11.5 Å². The van der Waals surface area contributed by atoms with E-state index < -0.39 is 0 Å². The number of aromatic nitrogens is 2. The molecule has 3 heteroatoms. The van der Waals surface area contributed by atoms with Gasteiger partial charge in [0.1, 0.15) is 5.01 Å². The number of rotatable bonds is 1. The van der Waals surface area contributed by atoms with Crippen LogP contribution in [-0.4, -0.2) is 9.36 Å². The number of nitrogens with zero attached hydrogens (tertiary/aromatic N) is 2. The molecule has 0 atom stereocenters. The zero-order valence-corrected chi connectivity index (χ0v) is 6.33. The smallest absolute Gasteiger partial charge is 0.168 e. The fourth-order valence-electron chi connectivity index (χ4n) is 0.473. The molecule has 0 saturated carbocycles. The molecule has 0 aliphatic heterocycles. The van der Waals surface area contributed by atoms with Gasteiger partial charge in [-0.3, -0.25) is 0 Å². The lowest BCUT2D eigenvalue weighted by Gasteiger charge is -1.84. The van der Waals surface area contributed by atoms with Crippen LogP contribution in [0.5, 0.6) is 0 Å². The Hall–Kier alpha value is -0.700. The summed E-state index contributed by atoms with van der Waals surface area (Å²) < 4.78 is 4.05. The highest BCUT2D eigenvalue weighted by atomic mass is 32.1. The highest BCUT2D eigenvalue weighted by Gasteiger charge is 1.97. The third kappa shape index (κ3) is 1.36. The molecule has 1 aromatic heterocycles. The molecule has 0 unspecified atom stereocenters. The lowest BCUT2D eigenvalue weighted by molar-refractivity contribution is 1.20. The zero-order valence-electron chi connectivity index (χ0n) is 5.51. The maximum Gasteiger partial charge on any atom is 0.168 e. The van der Waals surface area contributed by atoms with Gasteiger partial charge in [-0.15, -0.1) is 0 Å². The van der Waals surface area contributed by atoms with E-state index in [0.29, 0.717) is 0 Å². The van der Waals surface area contributed by atoms with Gasteiger partial charge < -0.3 is 0 Å². The molecule has 1 heterocycles. The minimum atomic E-state index is 0.775. The zero-order chi connectivity index (χ0) is 6.85. The first-order chi connectivity index (χ1) is 4.20. The molecule has 0 saturated heterocycles. The van der Waals surface area contributed by atoms with Gasteiger partial charge in [0.2, 0.25) is 0 Å². The van der Waals surface area contributed by atoms with Crippen molar-refractivity contribution >= 4 is 17.1 Å². The van der Waals surface area contributed by atoms with Gasteiger partial charge in [-0.05, 0) is 31.0 Å². The van der Waals surface area contributed by atoms with Gasteiger partial charge in [0.05, 0.1) is 0 Å². The molecular formula is C6H8N2S. The number of aryl methyl sites for hydroxylation is 1. The molecule has 0 aromatic carbocycles. The molecule has 1 aromatic rings. The van der Waals surface area contributed by atoms with Crippen molar-refractivity contribution in [3.63, 3.8) is 0 Å². The molecule has 0 aliphatic carbocycles. The van der Waals surface area contributed by atoms with E-state index in [4.69, 9.17) is 0 Å². The fraction of sp³-hybridized carbons (Fsp3) is 0.333. The van der Waals surface area contributed by atoms with Crippen molar-refractivity contribution in [3.05, 3.63) is 17.4 Å². The van der Waals surface area contributed by atoms with E-state index in [1.807, 2.05) is 13.8 Å². The van der Waals surface area contributed by atoms with Crippen molar-refractivity contribution in [2.45, 2.75) is 13.8 Å². The van der Waals surface area contributed by atoms with E-state index in [1.165, 1.54) is 11.5 Å². The summed E-state index contributed by atoms with van der Waals surface area (Å²) >= 11 is 1.41. The first-order valence-electron chi connectivity index (χ1n) is 2.66. The maximum absolute atomic E-state index is 4.12. The van der Waals surface area contributed by atoms with Gasteiger partial charge in [0, 0.05) is 0 Å². The summed E-state index contributed by atoms with van der Waals surface area (Å²) in [4.78, 5) is 4.12. The Labute approximate surface area is 58.4 Å². The van der Waals surface area contributed by atoms with E-state index in [1.54, 1.807) is 0 Å². The number of allylic oxidation sites excluding steroid dienone is 1. The fourth-order valence-corrected chi connectivity index (χ4v) is 1.02. The van der Waals surface area contributed by atoms with Gasteiger partial charge >= 0.3 is 0 Å². The summed E-state index contributed by atoms with van der Waals surface area (Å²) in [6.45, 7) is 7.56. The average Bonchev–Trinajstić information content (AvgIpc) is 2.14. The van der Waals surface area contributed by atoms with Crippen molar-refractivity contribution in [1.29, 1.82) is 0 Å². The lowest BCUT2D eigenvalue weighted by atomic mass is 10.3.